The first-order chi connectivity index (χ1) is 14.6. The number of nitrogens with one attached hydrogen (secondary N) is 1. The molecular weight excluding hydrogens is 364 g/mol. The Bertz CT molecular complexity index is 794. The fourth-order valence-electron chi connectivity index (χ4n) is 8.71. The zero-order valence-electron chi connectivity index (χ0n) is 19.1. The van der Waals surface area contributed by atoms with E-state index in [0.717, 1.165) is 59.2 Å². The van der Waals surface area contributed by atoms with Crippen molar-refractivity contribution < 1.29 is 0 Å². The molecule has 1 aromatic rings. The lowest BCUT2D eigenvalue weighted by Crippen LogP contribution is -2.49. The number of benzene rings is 1. The van der Waals surface area contributed by atoms with Gasteiger partial charge >= 0.3 is 0 Å². The van der Waals surface area contributed by atoms with E-state index >= 15 is 0 Å². The van der Waals surface area contributed by atoms with Gasteiger partial charge in [-0.3, -0.25) is 0 Å². The maximum absolute atomic E-state index is 9.18. The highest BCUT2D eigenvalue weighted by atomic mass is 14.9. The van der Waals surface area contributed by atoms with E-state index in [1.54, 1.807) is 6.42 Å². The van der Waals surface area contributed by atoms with Crippen LogP contribution in [0.2, 0.25) is 0 Å². The molecule has 0 aromatic heterocycles. The van der Waals surface area contributed by atoms with E-state index in [0.29, 0.717) is 5.41 Å². The molecule has 30 heavy (non-hydrogen) atoms. The molecule has 0 aliphatic heterocycles. The molecule has 8 unspecified atom stereocenters. The number of rotatable bonds is 4. The molecule has 8 atom stereocenters. The SMILES string of the molecule is CCC1CCC2C(CCC3C2CCC2(C)C(CNc4cccc(C#N)c4)CCC32)C1. The van der Waals surface area contributed by atoms with E-state index in [1.807, 2.05) is 18.2 Å². The van der Waals surface area contributed by atoms with Crippen LogP contribution in [0.15, 0.2) is 24.3 Å². The number of nitriles is 1. The molecule has 0 saturated heterocycles. The van der Waals surface area contributed by atoms with Crippen molar-refractivity contribution in [1.29, 1.82) is 5.26 Å². The van der Waals surface area contributed by atoms with E-state index in [1.165, 1.54) is 57.8 Å². The Morgan fingerprint density at radius 2 is 1.90 bits per heavy atom. The monoisotopic (exact) mass is 404 g/mol. The minimum absolute atomic E-state index is 0.522. The van der Waals surface area contributed by atoms with Gasteiger partial charge < -0.3 is 5.32 Å². The number of anilines is 1. The summed E-state index contributed by atoms with van der Waals surface area (Å²) in [5.74, 6) is 6.93. The highest BCUT2D eigenvalue weighted by Gasteiger charge is 2.56. The second-order valence-corrected chi connectivity index (χ2v) is 11.4. The van der Waals surface area contributed by atoms with Crippen molar-refractivity contribution in [3.63, 3.8) is 0 Å². The standard InChI is InChI=1S/C28H40N2/c1-3-19-7-10-24-21(15-19)8-11-26-25(24)13-14-28(2)22(9-12-27(26)28)18-30-23-6-4-5-20(16-23)17-29/h4-6,16,19,21-22,24-27,30H,3,7-15,18H2,1-2H3. The smallest absolute Gasteiger partial charge is 0.0992 e. The van der Waals surface area contributed by atoms with E-state index in [2.05, 4.69) is 31.3 Å². The van der Waals surface area contributed by atoms with Crippen LogP contribution < -0.4 is 5.32 Å². The van der Waals surface area contributed by atoms with Crippen LogP contribution >= 0.6 is 0 Å². The average molecular weight is 405 g/mol. The molecule has 4 aliphatic rings. The minimum Gasteiger partial charge on any atom is -0.385 e. The third-order valence-corrected chi connectivity index (χ3v) is 10.4. The van der Waals surface area contributed by atoms with E-state index < -0.39 is 0 Å². The molecule has 5 rings (SSSR count). The maximum Gasteiger partial charge on any atom is 0.0992 e. The van der Waals surface area contributed by atoms with Crippen molar-refractivity contribution in [3.05, 3.63) is 29.8 Å². The lowest BCUT2D eigenvalue weighted by molar-refractivity contribution is -0.0667. The van der Waals surface area contributed by atoms with Gasteiger partial charge in [-0.25, -0.2) is 0 Å². The van der Waals surface area contributed by atoms with Gasteiger partial charge in [-0.1, -0.05) is 32.8 Å². The summed E-state index contributed by atoms with van der Waals surface area (Å²) < 4.78 is 0. The Kier molecular flexibility index (Phi) is 5.59. The van der Waals surface area contributed by atoms with Gasteiger partial charge in [0.25, 0.3) is 0 Å². The Labute approximate surface area is 183 Å². The second kappa shape index (κ2) is 8.22. The number of nitrogens with zero attached hydrogens (tertiary/aromatic N) is 1. The van der Waals surface area contributed by atoms with Crippen molar-refractivity contribution >= 4 is 5.69 Å². The van der Waals surface area contributed by atoms with Crippen LogP contribution in [0.25, 0.3) is 0 Å². The number of fused-ring (bicyclic) bond motifs is 5. The molecule has 162 valence electrons. The predicted octanol–water partition coefficient (Wildman–Crippen LogP) is 7.27. The molecule has 2 nitrogen and oxygen atoms in total. The van der Waals surface area contributed by atoms with Crippen molar-refractivity contribution in [1.82, 2.24) is 0 Å². The second-order valence-electron chi connectivity index (χ2n) is 11.4. The van der Waals surface area contributed by atoms with Gasteiger partial charge in [0.15, 0.2) is 0 Å². The molecule has 0 bridgehead atoms. The third kappa shape index (κ3) is 3.47. The summed E-state index contributed by atoms with van der Waals surface area (Å²) in [4.78, 5) is 0. The van der Waals surface area contributed by atoms with Gasteiger partial charge in [0, 0.05) is 12.2 Å². The Balaban J connectivity index is 1.26. The first kappa shape index (κ1) is 20.4. The van der Waals surface area contributed by atoms with Crippen LogP contribution in [0.3, 0.4) is 0 Å². The fraction of sp³-hybridized carbons (Fsp3) is 0.750. The van der Waals surface area contributed by atoms with Crippen LogP contribution in [0.4, 0.5) is 5.69 Å². The molecule has 1 aromatic carbocycles. The normalized spacial score (nSPS) is 42.5. The van der Waals surface area contributed by atoms with Gasteiger partial charge in [0.2, 0.25) is 0 Å². The van der Waals surface area contributed by atoms with E-state index in [4.69, 9.17) is 0 Å². The zero-order chi connectivity index (χ0) is 20.7. The van der Waals surface area contributed by atoms with Crippen LogP contribution in [0.1, 0.15) is 83.6 Å². The molecule has 0 radical (unpaired) electrons. The highest BCUT2D eigenvalue weighted by Crippen LogP contribution is 2.64. The zero-order valence-corrected chi connectivity index (χ0v) is 19.1. The topological polar surface area (TPSA) is 35.8 Å². The van der Waals surface area contributed by atoms with E-state index in [-0.39, 0.29) is 0 Å². The van der Waals surface area contributed by atoms with E-state index in [9.17, 15) is 5.26 Å². The Morgan fingerprint density at radius 1 is 1.03 bits per heavy atom. The average Bonchev–Trinajstić information content (AvgIpc) is 3.13. The number of hydrogen-bond acceptors (Lipinski definition) is 2. The first-order valence-electron chi connectivity index (χ1n) is 12.9. The quantitative estimate of drug-likeness (QED) is 0.573. The molecule has 4 fully saturated rings. The molecule has 0 spiro atoms. The lowest BCUT2D eigenvalue weighted by atomic mass is 9.49. The number of hydrogen-bond donors (Lipinski definition) is 1. The Morgan fingerprint density at radius 3 is 2.73 bits per heavy atom. The van der Waals surface area contributed by atoms with Gasteiger partial charge in [0.1, 0.15) is 0 Å². The summed E-state index contributed by atoms with van der Waals surface area (Å²) >= 11 is 0. The molecule has 0 heterocycles. The van der Waals surface area contributed by atoms with Gasteiger partial charge in [-0.05, 0) is 116 Å². The molecule has 4 aliphatic carbocycles. The van der Waals surface area contributed by atoms with Crippen LogP contribution in [0, 0.1) is 58.2 Å². The largest absolute Gasteiger partial charge is 0.385 e. The molecule has 2 heteroatoms. The van der Waals surface area contributed by atoms with Crippen LogP contribution in [-0.2, 0) is 0 Å². The maximum atomic E-state index is 9.18. The summed E-state index contributed by atoms with van der Waals surface area (Å²) in [7, 11) is 0. The van der Waals surface area contributed by atoms with Crippen LogP contribution in [-0.4, -0.2) is 6.54 Å². The molecular formula is C28H40N2. The summed E-state index contributed by atoms with van der Waals surface area (Å²) in [5, 5.41) is 12.9. The third-order valence-electron chi connectivity index (χ3n) is 10.4. The highest BCUT2D eigenvalue weighted by molar-refractivity contribution is 5.49. The van der Waals surface area contributed by atoms with Crippen molar-refractivity contribution in [3.8, 4) is 6.07 Å². The summed E-state index contributed by atoms with van der Waals surface area (Å²) in [6.07, 6.45) is 14.8. The Hall–Kier alpha value is -1.49. The predicted molar refractivity (Wildman–Crippen MR) is 124 cm³/mol. The van der Waals surface area contributed by atoms with Crippen molar-refractivity contribution in [2.45, 2.75) is 78.1 Å². The minimum atomic E-state index is 0.522. The molecule has 0 amide bonds. The first-order valence-corrected chi connectivity index (χ1v) is 12.9. The van der Waals surface area contributed by atoms with Gasteiger partial charge in [-0.15, -0.1) is 0 Å². The summed E-state index contributed by atoms with van der Waals surface area (Å²) in [5.41, 5.74) is 2.39. The lowest BCUT2D eigenvalue weighted by Gasteiger charge is -2.56. The van der Waals surface area contributed by atoms with Crippen molar-refractivity contribution in [2.24, 2.45) is 46.8 Å². The summed E-state index contributed by atoms with van der Waals surface area (Å²) in [6.45, 7) is 6.12. The van der Waals surface area contributed by atoms with Crippen molar-refractivity contribution in [2.75, 3.05) is 11.9 Å². The molecule has 4 saturated carbocycles. The molecule has 1 N–H and O–H groups in total. The fourth-order valence-corrected chi connectivity index (χ4v) is 8.71. The van der Waals surface area contributed by atoms with Gasteiger partial charge in [0.05, 0.1) is 11.6 Å². The van der Waals surface area contributed by atoms with Crippen LogP contribution in [0.5, 0.6) is 0 Å². The summed E-state index contributed by atoms with van der Waals surface area (Å²) in [6, 6.07) is 10.3. The van der Waals surface area contributed by atoms with Gasteiger partial charge in [-0.2, -0.15) is 5.26 Å².